The molecule has 0 atom stereocenters. The zero-order chi connectivity index (χ0) is 11.3. The number of nitrogens with two attached hydrogens (primary N) is 1. The van der Waals surface area contributed by atoms with Crippen molar-refractivity contribution in [2.45, 2.75) is 26.7 Å². The number of benzene rings is 1. The Morgan fingerprint density at radius 2 is 2.20 bits per heavy atom. The van der Waals surface area contributed by atoms with E-state index in [0.29, 0.717) is 4.99 Å². The van der Waals surface area contributed by atoms with Crippen LogP contribution in [0.2, 0.25) is 0 Å². The van der Waals surface area contributed by atoms with Crippen LogP contribution in [0.4, 0.5) is 5.69 Å². The van der Waals surface area contributed by atoms with Gasteiger partial charge in [0.15, 0.2) is 0 Å². The van der Waals surface area contributed by atoms with E-state index in [4.69, 9.17) is 18.0 Å². The topological polar surface area (TPSA) is 38.0 Å². The van der Waals surface area contributed by atoms with E-state index < -0.39 is 0 Å². The summed E-state index contributed by atoms with van der Waals surface area (Å²) in [7, 11) is 0. The number of rotatable bonds is 5. The largest absolute Gasteiger partial charge is 0.389 e. The van der Waals surface area contributed by atoms with Crippen molar-refractivity contribution in [3.8, 4) is 0 Å². The molecule has 0 fully saturated rings. The first kappa shape index (κ1) is 12.0. The molecule has 1 rings (SSSR count). The van der Waals surface area contributed by atoms with Crippen molar-refractivity contribution < 1.29 is 0 Å². The van der Waals surface area contributed by atoms with E-state index in [1.165, 1.54) is 12.0 Å². The molecule has 3 heteroatoms. The van der Waals surface area contributed by atoms with Crippen molar-refractivity contribution in [2.24, 2.45) is 5.73 Å². The molecule has 3 N–H and O–H groups in total. The average Bonchev–Trinajstić information content (AvgIpc) is 2.20. The Bertz CT molecular complexity index is 347. The fraction of sp³-hybridized carbons (Fsp3) is 0.417. The molecule has 0 heterocycles. The molecule has 0 saturated carbocycles. The third-order valence-electron chi connectivity index (χ3n) is 2.29. The summed E-state index contributed by atoms with van der Waals surface area (Å²) < 4.78 is 0. The van der Waals surface area contributed by atoms with E-state index in [-0.39, 0.29) is 0 Å². The van der Waals surface area contributed by atoms with Gasteiger partial charge in [0, 0.05) is 17.8 Å². The van der Waals surface area contributed by atoms with E-state index in [2.05, 4.69) is 18.3 Å². The minimum atomic E-state index is 0.456. The van der Waals surface area contributed by atoms with Crippen LogP contribution in [0.5, 0.6) is 0 Å². The van der Waals surface area contributed by atoms with Gasteiger partial charge in [-0.2, -0.15) is 0 Å². The van der Waals surface area contributed by atoms with Crippen molar-refractivity contribution in [3.05, 3.63) is 29.3 Å². The predicted octanol–water partition coefficient (Wildman–Crippen LogP) is 2.84. The van der Waals surface area contributed by atoms with E-state index in [1.54, 1.807) is 0 Å². The highest BCUT2D eigenvalue weighted by atomic mass is 32.1. The summed E-state index contributed by atoms with van der Waals surface area (Å²) in [6, 6.07) is 6.13. The van der Waals surface area contributed by atoms with Gasteiger partial charge in [0.2, 0.25) is 0 Å². The maximum atomic E-state index is 5.68. The molecule has 0 bridgehead atoms. The Balaban J connectivity index is 2.81. The van der Waals surface area contributed by atoms with Gasteiger partial charge >= 0.3 is 0 Å². The molecule has 0 aliphatic carbocycles. The maximum Gasteiger partial charge on any atom is 0.106 e. The molecule has 82 valence electrons. The molecule has 0 saturated heterocycles. The van der Waals surface area contributed by atoms with Crippen molar-refractivity contribution in [1.82, 2.24) is 0 Å². The van der Waals surface area contributed by atoms with Gasteiger partial charge in [-0.1, -0.05) is 37.2 Å². The van der Waals surface area contributed by atoms with Crippen LogP contribution in [-0.2, 0) is 0 Å². The normalized spacial score (nSPS) is 10.0. The number of thiocarbonyl (C=S) groups is 1. The van der Waals surface area contributed by atoms with Crippen LogP contribution in [-0.4, -0.2) is 11.5 Å². The summed E-state index contributed by atoms with van der Waals surface area (Å²) in [4.78, 5) is 0.456. The Hall–Kier alpha value is -1.09. The lowest BCUT2D eigenvalue weighted by Crippen LogP contribution is -2.14. The van der Waals surface area contributed by atoms with E-state index >= 15 is 0 Å². The summed E-state index contributed by atoms with van der Waals surface area (Å²) in [5, 5.41) is 3.36. The summed E-state index contributed by atoms with van der Waals surface area (Å²) >= 11 is 5.03. The van der Waals surface area contributed by atoms with Crippen LogP contribution in [0, 0.1) is 6.92 Å². The molecular formula is C12H18N2S. The molecule has 0 amide bonds. The third kappa shape index (κ3) is 3.51. The van der Waals surface area contributed by atoms with Crippen molar-refractivity contribution in [3.63, 3.8) is 0 Å². The van der Waals surface area contributed by atoms with E-state index in [9.17, 15) is 0 Å². The molecule has 0 unspecified atom stereocenters. The quantitative estimate of drug-likeness (QED) is 0.594. The number of aryl methyl sites for hydroxylation is 1. The number of anilines is 1. The predicted molar refractivity (Wildman–Crippen MR) is 70.5 cm³/mol. The highest BCUT2D eigenvalue weighted by Gasteiger charge is 2.04. The Kier molecular flexibility index (Phi) is 4.56. The van der Waals surface area contributed by atoms with Gasteiger partial charge in [-0.25, -0.2) is 0 Å². The highest BCUT2D eigenvalue weighted by Crippen LogP contribution is 2.17. The van der Waals surface area contributed by atoms with Gasteiger partial charge in [0.1, 0.15) is 4.99 Å². The second kappa shape index (κ2) is 5.71. The molecular weight excluding hydrogens is 204 g/mol. The summed E-state index contributed by atoms with van der Waals surface area (Å²) in [6.07, 6.45) is 2.34. The summed E-state index contributed by atoms with van der Waals surface area (Å²) in [6.45, 7) is 5.18. The van der Waals surface area contributed by atoms with Crippen LogP contribution in [0.1, 0.15) is 30.9 Å². The van der Waals surface area contributed by atoms with Crippen LogP contribution < -0.4 is 11.1 Å². The standard InChI is InChI=1S/C12H18N2S/c1-3-4-7-14-11-6-5-9(2)8-10(11)12(13)15/h5-6,8,14H,3-4,7H2,1-2H3,(H2,13,15). The molecule has 0 radical (unpaired) electrons. The van der Waals surface area contributed by atoms with E-state index in [1.807, 2.05) is 19.1 Å². The third-order valence-corrected chi connectivity index (χ3v) is 2.51. The number of nitrogens with one attached hydrogen (secondary N) is 1. The maximum absolute atomic E-state index is 5.68. The monoisotopic (exact) mass is 222 g/mol. The first-order valence-electron chi connectivity index (χ1n) is 5.29. The van der Waals surface area contributed by atoms with Gasteiger partial charge in [0.05, 0.1) is 0 Å². The van der Waals surface area contributed by atoms with Crippen molar-refractivity contribution in [2.75, 3.05) is 11.9 Å². The molecule has 1 aromatic carbocycles. The van der Waals surface area contributed by atoms with Crippen LogP contribution in [0.3, 0.4) is 0 Å². The molecule has 2 nitrogen and oxygen atoms in total. The zero-order valence-corrected chi connectivity index (χ0v) is 10.2. The van der Waals surface area contributed by atoms with Crippen LogP contribution in [0.15, 0.2) is 18.2 Å². The van der Waals surface area contributed by atoms with Gasteiger partial charge < -0.3 is 11.1 Å². The van der Waals surface area contributed by atoms with Gasteiger partial charge in [-0.15, -0.1) is 0 Å². The summed E-state index contributed by atoms with van der Waals surface area (Å²) in [5.74, 6) is 0. The number of hydrogen-bond acceptors (Lipinski definition) is 2. The van der Waals surface area contributed by atoms with Crippen LogP contribution in [0.25, 0.3) is 0 Å². The highest BCUT2D eigenvalue weighted by molar-refractivity contribution is 7.80. The zero-order valence-electron chi connectivity index (χ0n) is 9.34. The van der Waals surface area contributed by atoms with Gasteiger partial charge in [-0.3, -0.25) is 0 Å². The smallest absolute Gasteiger partial charge is 0.106 e. The fourth-order valence-electron chi connectivity index (χ4n) is 1.42. The molecule has 0 aliphatic heterocycles. The van der Waals surface area contributed by atoms with E-state index in [0.717, 1.165) is 24.2 Å². The molecule has 0 aliphatic rings. The molecule has 15 heavy (non-hydrogen) atoms. The lowest BCUT2D eigenvalue weighted by molar-refractivity contribution is 0.834. The Labute approximate surface area is 96.9 Å². The fourth-order valence-corrected chi connectivity index (χ4v) is 1.58. The average molecular weight is 222 g/mol. The molecule has 0 aromatic heterocycles. The number of hydrogen-bond donors (Lipinski definition) is 2. The second-order valence-corrected chi connectivity index (χ2v) is 4.13. The van der Waals surface area contributed by atoms with Gasteiger partial charge in [-0.05, 0) is 25.5 Å². The first-order valence-corrected chi connectivity index (χ1v) is 5.70. The second-order valence-electron chi connectivity index (χ2n) is 3.69. The van der Waals surface area contributed by atoms with Crippen molar-refractivity contribution in [1.29, 1.82) is 0 Å². The Morgan fingerprint density at radius 1 is 1.47 bits per heavy atom. The van der Waals surface area contributed by atoms with Gasteiger partial charge in [0.25, 0.3) is 0 Å². The first-order chi connectivity index (χ1) is 7.15. The minimum Gasteiger partial charge on any atom is -0.389 e. The molecule has 1 aromatic rings. The number of unbranched alkanes of at least 4 members (excludes halogenated alkanes) is 1. The van der Waals surface area contributed by atoms with Crippen molar-refractivity contribution >= 4 is 22.9 Å². The Morgan fingerprint density at radius 3 is 2.80 bits per heavy atom. The van der Waals surface area contributed by atoms with Crippen LogP contribution >= 0.6 is 12.2 Å². The summed E-state index contributed by atoms with van der Waals surface area (Å²) in [5.41, 5.74) is 8.85. The lowest BCUT2D eigenvalue weighted by Gasteiger charge is -2.11. The molecule has 0 spiro atoms. The lowest BCUT2D eigenvalue weighted by atomic mass is 10.1. The minimum absolute atomic E-state index is 0.456. The SMILES string of the molecule is CCCCNc1ccc(C)cc1C(N)=S.